The Kier molecular flexibility index (Phi) is 4.00. The smallest absolute Gasteiger partial charge is 0.182 e. The zero-order valence-electron chi connectivity index (χ0n) is 10.1. The normalized spacial score (nSPS) is 12.3. The quantitative estimate of drug-likeness (QED) is 0.789. The summed E-state index contributed by atoms with van der Waals surface area (Å²) in [7, 11) is 0. The fourth-order valence-electron chi connectivity index (χ4n) is 1.80. The molecule has 2 aromatic rings. The van der Waals surface area contributed by atoms with Crippen molar-refractivity contribution in [1.29, 1.82) is 0 Å². The van der Waals surface area contributed by atoms with Gasteiger partial charge >= 0.3 is 0 Å². The molecule has 0 fully saturated rings. The third-order valence-corrected chi connectivity index (χ3v) is 3.08. The first-order valence-corrected chi connectivity index (χ1v) is 6.02. The van der Waals surface area contributed by atoms with Gasteiger partial charge in [-0.15, -0.1) is 0 Å². The molecule has 0 amide bonds. The van der Waals surface area contributed by atoms with E-state index in [0.717, 1.165) is 6.07 Å². The summed E-state index contributed by atoms with van der Waals surface area (Å²) in [5.74, 6) is -3.18. The molecule has 0 spiro atoms. The summed E-state index contributed by atoms with van der Waals surface area (Å²) in [5, 5.41) is 3.21. The minimum Gasteiger partial charge on any atom is -0.376 e. The molecule has 0 aliphatic carbocycles. The molecule has 0 aliphatic heterocycles. The second kappa shape index (κ2) is 5.53. The Morgan fingerprint density at radius 1 is 1.11 bits per heavy atom. The molecule has 0 radical (unpaired) electrons. The molecule has 2 aromatic carbocycles. The van der Waals surface area contributed by atoms with Gasteiger partial charge in [0.15, 0.2) is 11.6 Å². The minimum atomic E-state index is -1.23. The fraction of sp³-hybridized carbons (Fsp3) is 0.143. The van der Waals surface area contributed by atoms with Crippen LogP contribution in [-0.4, -0.2) is 0 Å². The van der Waals surface area contributed by atoms with Crippen LogP contribution >= 0.6 is 11.6 Å². The Balaban J connectivity index is 2.29. The van der Waals surface area contributed by atoms with Crippen LogP contribution in [0.5, 0.6) is 0 Å². The Labute approximate surface area is 114 Å². The van der Waals surface area contributed by atoms with E-state index in [1.165, 1.54) is 0 Å². The number of benzene rings is 2. The lowest BCUT2D eigenvalue weighted by atomic mass is 10.1. The molecular formula is C14H11ClF3N. The average molecular weight is 286 g/mol. The summed E-state index contributed by atoms with van der Waals surface area (Å²) >= 11 is 6.01. The van der Waals surface area contributed by atoms with E-state index in [1.54, 1.807) is 31.2 Å². The van der Waals surface area contributed by atoms with Crippen LogP contribution in [0.15, 0.2) is 36.4 Å². The highest BCUT2D eigenvalue weighted by atomic mass is 35.5. The highest BCUT2D eigenvalue weighted by Crippen LogP contribution is 2.28. The Hall–Kier alpha value is -1.68. The first kappa shape index (κ1) is 13.7. The minimum absolute atomic E-state index is 0.232. The number of rotatable bonds is 3. The van der Waals surface area contributed by atoms with Crippen molar-refractivity contribution in [3.05, 3.63) is 64.4 Å². The molecule has 0 heterocycles. The van der Waals surface area contributed by atoms with Crippen LogP contribution in [0.1, 0.15) is 18.5 Å². The van der Waals surface area contributed by atoms with Crippen LogP contribution in [0.3, 0.4) is 0 Å². The van der Waals surface area contributed by atoms with Gasteiger partial charge in [0, 0.05) is 17.2 Å². The Morgan fingerprint density at radius 2 is 1.79 bits per heavy atom. The molecule has 100 valence electrons. The third-order valence-electron chi connectivity index (χ3n) is 2.74. The molecular weight excluding hydrogens is 275 g/mol. The van der Waals surface area contributed by atoms with E-state index >= 15 is 0 Å². The van der Waals surface area contributed by atoms with Crippen molar-refractivity contribution in [1.82, 2.24) is 0 Å². The van der Waals surface area contributed by atoms with Gasteiger partial charge in [-0.3, -0.25) is 0 Å². The maximum Gasteiger partial charge on any atom is 0.182 e. The predicted octanol–water partition coefficient (Wildman–Crippen LogP) is 4.93. The van der Waals surface area contributed by atoms with Crippen molar-refractivity contribution < 1.29 is 13.2 Å². The van der Waals surface area contributed by atoms with Crippen LogP contribution in [0, 0.1) is 17.5 Å². The number of nitrogens with one attached hydrogen (secondary N) is 1. The van der Waals surface area contributed by atoms with Crippen LogP contribution < -0.4 is 5.32 Å². The lowest BCUT2D eigenvalue weighted by Crippen LogP contribution is -2.09. The molecule has 0 aliphatic rings. The standard InChI is InChI=1S/C14H11ClF3N/c1-8(10-4-2-3-5-11(10)15)19-13-7-9(16)6-12(17)14(13)18/h2-8,19H,1H3. The third kappa shape index (κ3) is 3.01. The summed E-state index contributed by atoms with van der Waals surface area (Å²) in [6, 6.07) is 8.02. The monoisotopic (exact) mass is 285 g/mol. The van der Waals surface area contributed by atoms with E-state index in [0.29, 0.717) is 16.7 Å². The van der Waals surface area contributed by atoms with Gasteiger partial charge in [-0.2, -0.15) is 0 Å². The fourth-order valence-corrected chi connectivity index (χ4v) is 2.10. The van der Waals surface area contributed by atoms with E-state index in [9.17, 15) is 13.2 Å². The highest BCUT2D eigenvalue weighted by molar-refractivity contribution is 6.31. The van der Waals surface area contributed by atoms with Crippen molar-refractivity contribution in [2.75, 3.05) is 5.32 Å². The zero-order valence-corrected chi connectivity index (χ0v) is 10.8. The van der Waals surface area contributed by atoms with Gasteiger partial charge in [0.2, 0.25) is 0 Å². The van der Waals surface area contributed by atoms with Crippen molar-refractivity contribution in [2.45, 2.75) is 13.0 Å². The van der Waals surface area contributed by atoms with Crippen molar-refractivity contribution in [3.8, 4) is 0 Å². The van der Waals surface area contributed by atoms with Crippen LogP contribution in [0.2, 0.25) is 5.02 Å². The first-order chi connectivity index (χ1) is 8.99. The number of hydrogen-bond donors (Lipinski definition) is 1. The molecule has 2 rings (SSSR count). The van der Waals surface area contributed by atoms with Crippen LogP contribution in [0.25, 0.3) is 0 Å². The van der Waals surface area contributed by atoms with Crippen molar-refractivity contribution in [3.63, 3.8) is 0 Å². The SMILES string of the molecule is CC(Nc1cc(F)cc(F)c1F)c1ccccc1Cl. The summed E-state index contributed by atoms with van der Waals surface area (Å²) in [6.07, 6.45) is 0. The van der Waals surface area contributed by atoms with E-state index in [2.05, 4.69) is 5.32 Å². The molecule has 0 saturated carbocycles. The molecule has 0 aromatic heterocycles. The van der Waals surface area contributed by atoms with Gasteiger partial charge < -0.3 is 5.32 Å². The van der Waals surface area contributed by atoms with Gasteiger partial charge in [0.1, 0.15) is 5.82 Å². The predicted molar refractivity (Wildman–Crippen MR) is 69.8 cm³/mol. The van der Waals surface area contributed by atoms with Crippen LogP contribution in [0.4, 0.5) is 18.9 Å². The first-order valence-electron chi connectivity index (χ1n) is 5.64. The van der Waals surface area contributed by atoms with E-state index < -0.39 is 17.5 Å². The van der Waals surface area contributed by atoms with Crippen molar-refractivity contribution >= 4 is 17.3 Å². The second-order valence-corrected chi connectivity index (χ2v) is 4.54. The Bertz CT molecular complexity index is 601. The van der Waals surface area contributed by atoms with Gasteiger partial charge in [-0.05, 0) is 18.6 Å². The van der Waals surface area contributed by atoms with Gasteiger partial charge in [0.05, 0.1) is 11.7 Å². The number of halogens is 4. The summed E-state index contributed by atoms with van der Waals surface area (Å²) in [4.78, 5) is 0. The zero-order chi connectivity index (χ0) is 14.0. The van der Waals surface area contributed by atoms with Gasteiger partial charge in [0.25, 0.3) is 0 Å². The molecule has 0 bridgehead atoms. The van der Waals surface area contributed by atoms with E-state index in [4.69, 9.17) is 11.6 Å². The maximum atomic E-state index is 13.5. The summed E-state index contributed by atoms with van der Waals surface area (Å²) < 4.78 is 39.7. The van der Waals surface area contributed by atoms with E-state index in [-0.39, 0.29) is 11.7 Å². The van der Waals surface area contributed by atoms with Crippen molar-refractivity contribution in [2.24, 2.45) is 0 Å². The second-order valence-electron chi connectivity index (χ2n) is 4.14. The molecule has 1 atom stereocenters. The average Bonchev–Trinajstić information content (AvgIpc) is 2.35. The maximum absolute atomic E-state index is 13.5. The molecule has 1 unspecified atom stereocenters. The topological polar surface area (TPSA) is 12.0 Å². The molecule has 1 N–H and O–H groups in total. The largest absolute Gasteiger partial charge is 0.376 e. The molecule has 19 heavy (non-hydrogen) atoms. The number of hydrogen-bond acceptors (Lipinski definition) is 1. The van der Waals surface area contributed by atoms with E-state index in [1.807, 2.05) is 0 Å². The lowest BCUT2D eigenvalue weighted by Gasteiger charge is -2.17. The molecule has 1 nitrogen and oxygen atoms in total. The Morgan fingerprint density at radius 3 is 2.47 bits per heavy atom. The summed E-state index contributed by atoms with van der Waals surface area (Å²) in [5.41, 5.74) is 0.484. The summed E-state index contributed by atoms with van der Waals surface area (Å²) in [6.45, 7) is 1.73. The molecule has 0 saturated heterocycles. The van der Waals surface area contributed by atoms with Crippen LogP contribution in [-0.2, 0) is 0 Å². The lowest BCUT2D eigenvalue weighted by molar-refractivity contribution is 0.496. The van der Waals surface area contributed by atoms with Gasteiger partial charge in [-0.25, -0.2) is 13.2 Å². The molecule has 5 heteroatoms. The number of anilines is 1. The van der Waals surface area contributed by atoms with Gasteiger partial charge in [-0.1, -0.05) is 29.8 Å². The highest BCUT2D eigenvalue weighted by Gasteiger charge is 2.15.